The van der Waals surface area contributed by atoms with Crippen LogP contribution in [0.1, 0.15) is 5.56 Å². The van der Waals surface area contributed by atoms with E-state index < -0.39 is 0 Å². The average molecular weight is 226 g/mol. The molecule has 0 amide bonds. The first-order valence-corrected chi connectivity index (χ1v) is 5.39. The third-order valence-electron chi connectivity index (χ3n) is 2.68. The molecule has 17 heavy (non-hydrogen) atoms. The zero-order valence-electron chi connectivity index (χ0n) is 9.43. The van der Waals surface area contributed by atoms with Gasteiger partial charge in [0.15, 0.2) is 0 Å². The second-order valence-electron chi connectivity index (χ2n) is 3.89. The highest BCUT2D eigenvalue weighted by Gasteiger charge is 2.00. The summed E-state index contributed by atoms with van der Waals surface area (Å²) in [7, 11) is 0. The van der Waals surface area contributed by atoms with Gasteiger partial charge in [-0.15, -0.1) is 0 Å². The number of hydrogen-bond acceptors (Lipinski definition) is 2. The fourth-order valence-electron chi connectivity index (χ4n) is 1.64. The Kier molecular flexibility index (Phi) is 3.26. The Bertz CT molecular complexity index is 510. The number of benzene rings is 2. The smallest absolute Gasteiger partial charge is 0.115 e. The van der Waals surface area contributed by atoms with E-state index in [4.69, 9.17) is 5.11 Å². The fraction of sp³-hybridized carbons (Fsp3) is 0.0667. The summed E-state index contributed by atoms with van der Waals surface area (Å²) in [6, 6.07) is 14.9. The quantitative estimate of drug-likeness (QED) is 0.844. The van der Waals surface area contributed by atoms with Gasteiger partial charge in [-0.25, -0.2) is 0 Å². The first-order chi connectivity index (χ1) is 8.20. The molecule has 0 atom stereocenters. The Balaban J connectivity index is 2.29. The van der Waals surface area contributed by atoms with E-state index in [1.54, 1.807) is 12.1 Å². The largest absolute Gasteiger partial charge is 0.508 e. The summed E-state index contributed by atoms with van der Waals surface area (Å²) in [5.74, 6) is 0.263. The van der Waals surface area contributed by atoms with Gasteiger partial charge in [-0.2, -0.15) is 0 Å². The number of aromatic hydroxyl groups is 1. The minimum absolute atomic E-state index is 0.0292. The molecule has 0 aliphatic heterocycles. The van der Waals surface area contributed by atoms with Gasteiger partial charge in [-0.3, -0.25) is 0 Å². The van der Waals surface area contributed by atoms with Gasteiger partial charge in [-0.05, 0) is 34.4 Å². The molecule has 0 unspecified atom stereocenters. The molecule has 86 valence electrons. The Hall–Kier alpha value is -2.06. The predicted molar refractivity (Wildman–Crippen MR) is 69.7 cm³/mol. The highest BCUT2D eigenvalue weighted by Crippen LogP contribution is 2.23. The van der Waals surface area contributed by atoms with Crippen LogP contribution in [0.2, 0.25) is 0 Å². The highest BCUT2D eigenvalue weighted by atomic mass is 16.3. The SMILES string of the molecule is C=C(CO)c1ccc(-c2ccc(O)cc2)cc1. The van der Waals surface area contributed by atoms with Crippen molar-refractivity contribution in [2.45, 2.75) is 0 Å². The van der Waals surface area contributed by atoms with E-state index in [1.165, 1.54) is 0 Å². The van der Waals surface area contributed by atoms with Gasteiger partial charge in [0.25, 0.3) is 0 Å². The van der Waals surface area contributed by atoms with Crippen molar-refractivity contribution in [2.24, 2.45) is 0 Å². The van der Waals surface area contributed by atoms with E-state index in [9.17, 15) is 5.11 Å². The number of phenols is 1. The third-order valence-corrected chi connectivity index (χ3v) is 2.68. The molecule has 2 rings (SSSR count). The van der Waals surface area contributed by atoms with Crippen LogP contribution in [0, 0.1) is 0 Å². The standard InChI is InChI=1S/C15H14O2/c1-11(10-16)12-2-4-13(5-3-12)14-6-8-15(17)9-7-14/h2-9,16-17H,1,10H2. The molecule has 0 aliphatic rings. The molecule has 0 spiro atoms. The maximum atomic E-state index is 9.21. The molecular formula is C15H14O2. The van der Waals surface area contributed by atoms with Crippen molar-refractivity contribution >= 4 is 5.57 Å². The Morgan fingerprint density at radius 1 is 0.882 bits per heavy atom. The molecule has 0 aromatic heterocycles. The van der Waals surface area contributed by atoms with Crippen molar-refractivity contribution < 1.29 is 10.2 Å². The summed E-state index contributed by atoms with van der Waals surface area (Å²) in [5, 5.41) is 18.2. The molecular weight excluding hydrogens is 212 g/mol. The van der Waals surface area contributed by atoms with Crippen LogP contribution in [-0.2, 0) is 0 Å². The van der Waals surface area contributed by atoms with E-state index >= 15 is 0 Å². The molecule has 2 nitrogen and oxygen atoms in total. The summed E-state index contributed by atoms with van der Waals surface area (Å²) >= 11 is 0. The van der Waals surface area contributed by atoms with Crippen molar-refractivity contribution in [3.05, 3.63) is 60.7 Å². The minimum atomic E-state index is -0.0292. The zero-order chi connectivity index (χ0) is 12.3. The van der Waals surface area contributed by atoms with Gasteiger partial charge in [0.2, 0.25) is 0 Å². The monoisotopic (exact) mass is 226 g/mol. The summed E-state index contributed by atoms with van der Waals surface area (Å²) < 4.78 is 0. The van der Waals surface area contributed by atoms with Gasteiger partial charge in [0.1, 0.15) is 5.75 Å². The lowest BCUT2D eigenvalue weighted by Gasteiger charge is -2.05. The van der Waals surface area contributed by atoms with Crippen LogP contribution in [0.5, 0.6) is 5.75 Å². The molecule has 0 saturated carbocycles. The third kappa shape index (κ3) is 2.55. The molecule has 2 N–H and O–H groups in total. The van der Waals surface area contributed by atoms with Crippen LogP contribution in [0.25, 0.3) is 16.7 Å². The fourth-order valence-corrected chi connectivity index (χ4v) is 1.64. The van der Waals surface area contributed by atoms with Crippen LogP contribution < -0.4 is 0 Å². The normalized spacial score (nSPS) is 10.2. The zero-order valence-corrected chi connectivity index (χ0v) is 9.43. The first kappa shape index (κ1) is 11.4. The minimum Gasteiger partial charge on any atom is -0.508 e. The van der Waals surface area contributed by atoms with Gasteiger partial charge in [0.05, 0.1) is 6.61 Å². The van der Waals surface area contributed by atoms with Crippen molar-refractivity contribution in [2.75, 3.05) is 6.61 Å². The predicted octanol–water partition coefficient (Wildman–Crippen LogP) is 3.06. The van der Waals surface area contributed by atoms with Crippen molar-refractivity contribution in [1.29, 1.82) is 0 Å². The van der Waals surface area contributed by atoms with Gasteiger partial charge in [-0.1, -0.05) is 43.0 Å². The van der Waals surface area contributed by atoms with Crippen molar-refractivity contribution in [3.63, 3.8) is 0 Å². The second-order valence-corrected chi connectivity index (χ2v) is 3.89. The maximum absolute atomic E-state index is 9.21. The van der Waals surface area contributed by atoms with Crippen LogP contribution in [0.3, 0.4) is 0 Å². The van der Waals surface area contributed by atoms with E-state index in [0.29, 0.717) is 5.57 Å². The second kappa shape index (κ2) is 4.85. The number of aliphatic hydroxyl groups is 1. The molecule has 0 bridgehead atoms. The van der Waals surface area contributed by atoms with Crippen LogP contribution in [0.15, 0.2) is 55.1 Å². The van der Waals surface area contributed by atoms with Crippen LogP contribution in [-0.4, -0.2) is 16.8 Å². The molecule has 0 radical (unpaired) electrons. The molecule has 0 fully saturated rings. The number of aliphatic hydroxyl groups excluding tert-OH is 1. The molecule has 0 saturated heterocycles. The molecule has 2 aromatic rings. The Labute approximate surface area is 100 Å². The topological polar surface area (TPSA) is 40.5 Å². The van der Waals surface area contributed by atoms with Crippen molar-refractivity contribution in [1.82, 2.24) is 0 Å². The van der Waals surface area contributed by atoms with E-state index in [1.807, 2.05) is 36.4 Å². The van der Waals surface area contributed by atoms with Gasteiger partial charge in [0, 0.05) is 0 Å². The van der Waals surface area contributed by atoms with E-state index in [-0.39, 0.29) is 12.4 Å². The number of phenolic OH excluding ortho intramolecular Hbond substituents is 1. The summed E-state index contributed by atoms with van der Waals surface area (Å²) in [4.78, 5) is 0. The first-order valence-electron chi connectivity index (χ1n) is 5.39. The Morgan fingerprint density at radius 2 is 1.35 bits per heavy atom. The van der Waals surface area contributed by atoms with Crippen LogP contribution in [0.4, 0.5) is 0 Å². The Morgan fingerprint density at radius 3 is 1.82 bits per heavy atom. The maximum Gasteiger partial charge on any atom is 0.115 e. The lowest BCUT2D eigenvalue weighted by molar-refractivity contribution is 0.350. The van der Waals surface area contributed by atoms with Crippen molar-refractivity contribution in [3.8, 4) is 16.9 Å². The van der Waals surface area contributed by atoms with Gasteiger partial charge >= 0.3 is 0 Å². The lowest BCUT2D eigenvalue weighted by atomic mass is 10.0. The van der Waals surface area contributed by atoms with Gasteiger partial charge < -0.3 is 10.2 Å². The molecule has 0 aliphatic carbocycles. The van der Waals surface area contributed by atoms with Crippen LogP contribution >= 0.6 is 0 Å². The summed E-state index contributed by atoms with van der Waals surface area (Å²) in [5.41, 5.74) is 3.76. The highest BCUT2D eigenvalue weighted by molar-refractivity contribution is 5.69. The van der Waals surface area contributed by atoms with E-state index in [2.05, 4.69) is 6.58 Å². The summed E-state index contributed by atoms with van der Waals surface area (Å²) in [6.07, 6.45) is 0. The number of hydrogen-bond donors (Lipinski definition) is 2. The lowest BCUT2D eigenvalue weighted by Crippen LogP contribution is -1.88. The summed E-state index contributed by atoms with van der Waals surface area (Å²) in [6.45, 7) is 3.75. The average Bonchev–Trinajstić information content (AvgIpc) is 2.39. The number of rotatable bonds is 3. The van der Waals surface area contributed by atoms with E-state index in [0.717, 1.165) is 16.7 Å². The molecule has 0 heterocycles. The molecule has 2 aromatic carbocycles. The molecule has 2 heteroatoms.